The van der Waals surface area contributed by atoms with Gasteiger partial charge in [-0.25, -0.2) is 4.98 Å². The Hall–Kier alpha value is -2.74. The quantitative estimate of drug-likeness (QED) is 0.520. The van der Waals surface area contributed by atoms with Gasteiger partial charge in [0.2, 0.25) is 5.95 Å². The molecule has 0 saturated heterocycles. The Bertz CT molecular complexity index is 989. The number of nitrogens with zero attached hydrogens (tertiary/aromatic N) is 3. The lowest BCUT2D eigenvalue weighted by atomic mass is 9.86. The van der Waals surface area contributed by atoms with Gasteiger partial charge in [0.15, 0.2) is 11.5 Å². The van der Waals surface area contributed by atoms with Crippen molar-refractivity contribution in [1.82, 2.24) is 15.3 Å². The van der Waals surface area contributed by atoms with Crippen LogP contribution in [0.25, 0.3) is 0 Å². The first-order valence-electron chi connectivity index (χ1n) is 12.9. The Morgan fingerprint density at radius 1 is 0.886 bits per heavy atom. The van der Waals surface area contributed by atoms with Crippen LogP contribution in [0.4, 0.5) is 11.8 Å². The molecule has 4 rings (SSSR count). The number of aromatic nitrogens is 2. The smallest absolute Gasteiger partial charge is 0.225 e. The Kier molecular flexibility index (Phi) is 8.55. The highest BCUT2D eigenvalue weighted by molar-refractivity contribution is 5.53. The predicted octanol–water partition coefficient (Wildman–Crippen LogP) is 4.21. The van der Waals surface area contributed by atoms with Gasteiger partial charge in [-0.3, -0.25) is 0 Å². The van der Waals surface area contributed by atoms with Crippen LogP contribution in [0.1, 0.15) is 55.3 Å². The number of aryl methyl sites for hydroxylation is 1. The lowest BCUT2D eigenvalue weighted by Gasteiger charge is -2.30. The van der Waals surface area contributed by atoms with Crippen molar-refractivity contribution in [1.29, 1.82) is 0 Å². The van der Waals surface area contributed by atoms with E-state index in [1.54, 1.807) is 21.3 Å². The van der Waals surface area contributed by atoms with Crippen molar-refractivity contribution in [3.8, 4) is 17.2 Å². The van der Waals surface area contributed by atoms with E-state index >= 15 is 0 Å². The predicted molar refractivity (Wildman–Crippen MR) is 140 cm³/mol. The van der Waals surface area contributed by atoms with E-state index in [1.165, 1.54) is 36.9 Å². The molecule has 1 heterocycles. The minimum Gasteiger partial charge on any atom is -0.496 e. The van der Waals surface area contributed by atoms with Gasteiger partial charge in [-0.2, -0.15) is 4.98 Å². The highest BCUT2D eigenvalue weighted by Crippen LogP contribution is 2.35. The monoisotopic (exact) mass is 483 g/mol. The summed E-state index contributed by atoms with van der Waals surface area (Å²) in [5.41, 5.74) is 3.65. The zero-order valence-electron chi connectivity index (χ0n) is 21.9. The molecule has 2 aliphatic rings. The van der Waals surface area contributed by atoms with Crippen LogP contribution in [0.15, 0.2) is 12.1 Å². The summed E-state index contributed by atoms with van der Waals surface area (Å²) in [7, 11) is 9.14. The van der Waals surface area contributed by atoms with E-state index in [9.17, 15) is 0 Å². The third kappa shape index (κ3) is 6.10. The van der Waals surface area contributed by atoms with Crippen LogP contribution in [-0.4, -0.2) is 58.0 Å². The molecule has 1 saturated carbocycles. The van der Waals surface area contributed by atoms with E-state index in [-0.39, 0.29) is 0 Å². The number of fused-ring (bicyclic) bond motifs is 1. The molecule has 1 fully saturated rings. The van der Waals surface area contributed by atoms with Gasteiger partial charge in [0.05, 0.1) is 27.0 Å². The second kappa shape index (κ2) is 11.8. The summed E-state index contributed by atoms with van der Waals surface area (Å²) in [5.74, 6) is 4.77. The maximum Gasteiger partial charge on any atom is 0.225 e. The molecular weight excluding hydrogens is 442 g/mol. The SMILES string of the molecule is COc1cc(OC)c(OC)cc1CNCC1CCC(Nc2nc3c(c(N(C)C)n2)CCCC3)CC1. The number of hydrogen-bond donors (Lipinski definition) is 2. The minimum absolute atomic E-state index is 0.439. The van der Waals surface area contributed by atoms with Crippen molar-refractivity contribution in [2.45, 2.75) is 64.0 Å². The molecular formula is C27H41N5O3. The van der Waals surface area contributed by atoms with Crippen molar-refractivity contribution in [3.05, 3.63) is 29.0 Å². The fourth-order valence-electron chi connectivity index (χ4n) is 5.34. The van der Waals surface area contributed by atoms with E-state index in [1.807, 2.05) is 12.1 Å². The summed E-state index contributed by atoms with van der Waals surface area (Å²) >= 11 is 0. The number of anilines is 2. The van der Waals surface area contributed by atoms with E-state index in [0.717, 1.165) is 67.6 Å². The average Bonchev–Trinajstić information content (AvgIpc) is 2.88. The molecule has 8 nitrogen and oxygen atoms in total. The van der Waals surface area contributed by atoms with Gasteiger partial charge < -0.3 is 29.7 Å². The highest BCUT2D eigenvalue weighted by Gasteiger charge is 2.24. The minimum atomic E-state index is 0.439. The molecule has 1 aromatic carbocycles. The van der Waals surface area contributed by atoms with Crippen LogP contribution in [-0.2, 0) is 19.4 Å². The molecule has 0 aliphatic heterocycles. The van der Waals surface area contributed by atoms with Gasteiger partial charge in [-0.15, -0.1) is 0 Å². The molecule has 192 valence electrons. The third-order valence-corrected chi connectivity index (χ3v) is 7.30. The molecule has 2 aliphatic carbocycles. The van der Waals surface area contributed by atoms with Gasteiger partial charge in [-0.1, -0.05) is 0 Å². The molecule has 8 heteroatoms. The Labute approximate surface area is 209 Å². The standard InChI is InChI=1S/C27H41N5O3/c1-32(2)26-21-8-6-7-9-22(21)30-27(31-26)29-20-12-10-18(11-13-20)16-28-17-19-14-24(34-4)25(35-5)15-23(19)33-3/h14-15,18,20,28H,6-13,16-17H2,1-5H3,(H,29,30,31). The number of ether oxygens (including phenoxy) is 3. The van der Waals surface area contributed by atoms with Crippen molar-refractivity contribution in [2.75, 3.05) is 52.2 Å². The third-order valence-electron chi connectivity index (χ3n) is 7.30. The number of nitrogens with one attached hydrogen (secondary N) is 2. The van der Waals surface area contributed by atoms with E-state index in [0.29, 0.717) is 17.7 Å². The second-order valence-electron chi connectivity index (χ2n) is 9.91. The molecule has 2 N–H and O–H groups in total. The first-order chi connectivity index (χ1) is 17.0. The van der Waals surface area contributed by atoms with E-state index in [2.05, 4.69) is 29.6 Å². The fraction of sp³-hybridized carbons (Fsp3) is 0.630. The normalized spacial score (nSPS) is 19.6. The lowest BCUT2D eigenvalue weighted by Crippen LogP contribution is -2.32. The van der Waals surface area contributed by atoms with Crippen LogP contribution in [0.3, 0.4) is 0 Å². The maximum atomic E-state index is 5.56. The van der Waals surface area contributed by atoms with Gasteiger partial charge in [-0.05, 0) is 69.9 Å². The van der Waals surface area contributed by atoms with Crippen LogP contribution in [0.2, 0.25) is 0 Å². The molecule has 1 aromatic heterocycles. The molecule has 0 unspecified atom stereocenters. The van der Waals surface area contributed by atoms with Crippen molar-refractivity contribution < 1.29 is 14.2 Å². The van der Waals surface area contributed by atoms with E-state index in [4.69, 9.17) is 24.2 Å². The largest absolute Gasteiger partial charge is 0.496 e. The van der Waals surface area contributed by atoms with Crippen LogP contribution in [0, 0.1) is 5.92 Å². The molecule has 0 amide bonds. The van der Waals surface area contributed by atoms with Crippen LogP contribution < -0.4 is 29.7 Å². The summed E-state index contributed by atoms with van der Waals surface area (Å²) in [5, 5.41) is 7.28. The number of hydrogen-bond acceptors (Lipinski definition) is 8. The Morgan fingerprint density at radius 2 is 1.57 bits per heavy atom. The first kappa shape index (κ1) is 25.4. The Balaban J connectivity index is 1.28. The summed E-state index contributed by atoms with van der Waals surface area (Å²) < 4.78 is 16.4. The number of methoxy groups -OCH3 is 3. The first-order valence-corrected chi connectivity index (χ1v) is 12.9. The highest BCUT2D eigenvalue weighted by atomic mass is 16.5. The van der Waals surface area contributed by atoms with Crippen LogP contribution >= 0.6 is 0 Å². The topological polar surface area (TPSA) is 80.8 Å². The van der Waals surface area contributed by atoms with Crippen molar-refractivity contribution >= 4 is 11.8 Å². The van der Waals surface area contributed by atoms with Gasteiger partial charge in [0, 0.05) is 43.9 Å². The molecule has 0 radical (unpaired) electrons. The fourth-order valence-corrected chi connectivity index (χ4v) is 5.34. The zero-order valence-corrected chi connectivity index (χ0v) is 21.9. The van der Waals surface area contributed by atoms with Gasteiger partial charge in [0.1, 0.15) is 11.6 Å². The lowest BCUT2D eigenvalue weighted by molar-refractivity contribution is 0.321. The summed E-state index contributed by atoms with van der Waals surface area (Å²) in [6, 6.07) is 4.32. The van der Waals surface area contributed by atoms with Gasteiger partial charge >= 0.3 is 0 Å². The van der Waals surface area contributed by atoms with Crippen molar-refractivity contribution in [3.63, 3.8) is 0 Å². The second-order valence-corrected chi connectivity index (χ2v) is 9.91. The Morgan fingerprint density at radius 3 is 2.26 bits per heavy atom. The summed E-state index contributed by atoms with van der Waals surface area (Å²) in [6.07, 6.45) is 9.30. The zero-order chi connectivity index (χ0) is 24.8. The van der Waals surface area contributed by atoms with E-state index < -0.39 is 0 Å². The number of rotatable bonds is 10. The van der Waals surface area contributed by atoms with Gasteiger partial charge in [0.25, 0.3) is 0 Å². The molecule has 0 atom stereocenters. The van der Waals surface area contributed by atoms with Crippen molar-refractivity contribution in [2.24, 2.45) is 5.92 Å². The molecule has 0 spiro atoms. The number of benzene rings is 1. The molecule has 35 heavy (non-hydrogen) atoms. The molecule has 2 aromatic rings. The summed E-state index contributed by atoms with van der Waals surface area (Å²) in [4.78, 5) is 11.9. The molecule has 0 bridgehead atoms. The maximum absolute atomic E-state index is 5.56. The summed E-state index contributed by atoms with van der Waals surface area (Å²) in [6.45, 7) is 1.72. The van der Waals surface area contributed by atoms with Crippen LogP contribution in [0.5, 0.6) is 17.2 Å². The average molecular weight is 484 g/mol.